The third-order valence-corrected chi connectivity index (χ3v) is 8.01. The Morgan fingerprint density at radius 2 is 1.95 bits per heavy atom. The largest absolute Gasteiger partial charge is 0.486 e. The molecule has 0 spiro atoms. The number of pyridine rings is 1. The van der Waals surface area contributed by atoms with Gasteiger partial charge in [0.1, 0.15) is 16.9 Å². The van der Waals surface area contributed by atoms with Crippen molar-refractivity contribution in [3.05, 3.63) is 82.2 Å². The van der Waals surface area contributed by atoms with Crippen molar-refractivity contribution in [3.8, 4) is 5.75 Å². The van der Waals surface area contributed by atoms with Crippen molar-refractivity contribution in [2.75, 3.05) is 6.54 Å². The van der Waals surface area contributed by atoms with Crippen molar-refractivity contribution in [1.29, 1.82) is 0 Å². The summed E-state index contributed by atoms with van der Waals surface area (Å²) in [6, 6.07) is 12.3. The van der Waals surface area contributed by atoms with Crippen LogP contribution >= 0.6 is 0 Å². The Kier molecular flexibility index (Phi) is 6.71. The molecule has 39 heavy (non-hydrogen) atoms. The van der Waals surface area contributed by atoms with E-state index in [2.05, 4.69) is 59.2 Å². The van der Waals surface area contributed by atoms with E-state index in [1.54, 1.807) is 24.7 Å². The highest BCUT2D eigenvalue weighted by Gasteiger charge is 2.40. The lowest BCUT2D eigenvalue weighted by Gasteiger charge is -2.33. The van der Waals surface area contributed by atoms with Gasteiger partial charge in [-0.3, -0.25) is 14.7 Å². The minimum Gasteiger partial charge on any atom is -0.486 e. The molecule has 4 aromatic rings. The van der Waals surface area contributed by atoms with E-state index in [0.717, 1.165) is 52.1 Å². The maximum atomic E-state index is 12.6. The third-order valence-electron chi connectivity index (χ3n) is 8.01. The normalized spacial score (nSPS) is 16.4. The highest BCUT2D eigenvalue weighted by atomic mass is 16.5. The number of carbonyl (C=O) groups is 1. The SMILES string of the molecule is Cc1ccc(C(c2ccc3c(nnn3C)c2C)C(C)(C)C(=O)O)cc1CN1Cc2cnccc2OC(C)(C)C1. The summed E-state index contributed by atoms with van der Waals surface area (Å²) < 4.78 is 8.07. The van der Waals surface area contributed by atoms with E-state index in [0.29, 0.717) is 6.54 Å². The van der Waals surface area contributed by atoms with Gasteiger partial charge in [-0.1, -0.05) is 29.5 Å². The minimum atomic E-state index is -1.06. The van der Waals surface area contributed by atoms with E-state index in [-0.39, 0.29) is 11.5 Å². The summed E-state index contributed by atoms with van der Waals surface area (Å²) >= 11 is 0. The van der Waals surface area contributed by atoms with Gasteiger partial charge in [-0.15, -0.1) is 5.10 Å². The Morgan fingerprint density at radius 1 is 1.18 bits per heavy atom. The molecule has 204 valence electrons. The van der Waals surface area contributed by atoms with E-state index in [1.165, 1.54) is 11.1 Å². The van der Waals surface area contributed by atoms with Gasteiger partial charge in [-0.25, -0.2) is 4.68 Å². The van der Waals surface area contributed by atoms with E-state index in [4.69, 9.17) is 4.74 Å². The summed E-state index contributed by atoms with van der Waals surface area (Å²) in [4.78, 5) is 19.3. The highest BCUT2D eigenvalue weighted by Crippen LogP contribution is 2.44. The van der Waals surface area contributed by atoms with Gasteiger partial charge in [-0.05, 0) is 81.5 Å². The number of carboxylic acids is 1. The van der Waals surface area contributed by atoms with Crippen molar-refractivity contribution >= 4 is 17.0 Å². The first-order valence-corrected chi connectivity index (χ1v) is 13.3. The average Bonchev–Trinajstić information content (AvgIpc) is 3.18. The fraction of sp³-hybridized carbons (Fsp3) is 0.419. The number of hydrogen-bond acceptors (Lipinski definition) is 6. The number of aliphatic carboxylic acids is 1. The number of ether oxygens (including phenoxy) is 1. The molecule has 1 atom stereocenters. The van der Waals surface area contributed by atoms with Gasteiger partial charge in [0.25, 0.3) is 0 Å². The first-order valence-electron chi connectivity index (χ1n) is 13.3. The lowest BCUT2D eigenvalue weighted by molar-refractivity contribution is -0.147. The quantitative estimate of drug-likeness (QED) is 0.359. The van der Waals surface area contributed by atoms with Crippen LogP contribution in [0, 0.1) is 19.3 Å². The molecule has 2 aromatic carbocycles. The number of benzene rings is 2. The third kappa shape index (κ3) is 5.01. The van der Waals surface area contributed by atoms with Crippen molar-refractivity contribution in [2.24, 2.45) is 12.5 Å². The lowest BCUT2D eigenvalue weighted by atomic mass is 9.69. The first kappa shape index (κ1) is 26.8. The molecule has 5 rings (SSSR count). The molecule has 1 aliphatic rings. The van der Waals surface area contributed by atoms with Gasteiger partial charge in [0, 0.05) is 50.6 Å². The van der Waals surface area contributed by atoms with Gasteiger partial charge in [0.2, 0.25) is 0 Å². The Labute approximate surface area is 229 Å². The van der Waals surface area contributed by atoms with Crippen LogP contribution in [0.25, 0.3) is 11.0 Å². The fourth-order valence-electron chi connectivity index (χ4n) is 5.86. The van der Waals surface area contributed by atoms with Gasteiger partial charge < -0.3 is 9.84 Å². The Balaban J connectivity index is 1.57. The van der Waals surface area contributed by atoms with Crippen LogP contribution in [0.5, 0.6) is 5.75 Å². The van der Waals surface area contributed by atoms with E-state index in [1.807, 2.05) is 38.4 Å². The van der Waals surface area contributed by atoms with Crippen molar-refractivity contribution in [3.63, 3.8) is 0 Å². The molecule has 0 saturated carbocycles. The smallest absolute Gasteiger partial charge is 0.310 e. The van der Waals surface area contributed by atoms with Crippen LogP contribution in [0.4, 0.5) is 0 Å². The zero-order valence-electron chi connectivity index (χ0n) is 23.8. The maximum Gasteiger partial charge on any atom is 0.310 e. The number of aromatic nitrogens is 4. The van der Waals surface area contributed by atoms with Crippen LogP contribution in [0.3, 0.4) is 0 Å². The molecule has 1 aliphatic heterocycles. The summed E-state index contributed by atoms with van der Waals surface area (Å²) in [6.45, 7) is 14.1. The maximum absolute atomic E-state index is 12.6. The van der Waals surface area contributed by atoms with Crippen LogP contribution in [0.1, 0.15) is 67.0 Å². The average molecular weight is 528 g/mol. The molecule has 2 aromatic heterocycles. The molecule has 3 heterocycles. The Morgan fingerprint density at radius 3 is 2.69 bits per heavy atom. The second-order valence-corrected chi connectivity index (χ2v) is 12.0. The van der Waals surface area contributed by atoms with Crippen molar-refractivity contribution in [1.82, 2.24) is 24.9 Å². The molecule has 8 nitrogen and oxygen atoms in total. The molecular formula is C31H37N5O3. The van der Waals surface area contributed by atoms with Crippen LogP contribution < -0.4 is 4.74 Å². The molecule has 8 heteroatoms. The summed E-state index contributed by atoms with van der Waals surface area (Å²) in [5.41, 5.74) is 6.58. The predicted molar refractivity (Wildman–Crippen MR) is 151 cm³/mol. The highest BCUT2D eigenvalue weighted by molar-refractivity contribution is 5.81. The van der Waals surface area contributed by atoms with Gasteiger partial charge >= 0.3 is 5.97 Å². The number of hydrogen-bond donors (Lipinski definition) is 1. The lowest BCUT2D eigenvalue weighted by Crippen LogP contribution is -2.40. The minimum absolute atomic E-state index is 0.366. The molecule has 0 fully saturated rings. The van der Waals surface area contributed by atoms with Gasteiger partial charge in [0.15, 0.2) is 0 Å². The predicted octanol–water partition coefficient (Wildman–Crippen LogP) is 5.40. The summed E-state index contributed by atoms with van der Waals surface area (Å²) in [5, 5.41) is 18.9. The monoisotopic (exact) mass is 527 g/mol. The Bertz CT molecular complexity index is 1560. The van der Waals surface area contributed by atoms with Crippen LogP contribution in [-0.4, -0.2) is 48.1 Å². The summed E-state index contributed by atoms with van der Waals surface area (Å²) in [6.07, 6.45) is 3.65. The van der Waals surface area contributed by atoms with E-state index >= 15 is 0 Å². The zero-order valence-corrected chi connectivity index (χ0v) is 23.8. The molecule has 0 saturated heterocycles. The topological polar surface area (TPSA) is 93.4 Å². The molecule has 1 unspecified atom stereocenters. The summed E-state index contributed by atoms with van der Waals surface area (Å²) in [5.74, 6) is -0.348. The Hall–Kier alpha value is -3.78. The van der Waals surface area contributed by atoms with Crippen LogP contribution in [-0.2, 0) is 24.9 Å². The van der Waals surface area contributed by atoms with Crippen molar-refractivity contribution < 1.29 is 14.6 Å². The van der Waals surface area contributed by atoms with Crippen LogP contribution in [0.15, 0.2) is 48.8 Å². The molecule has 0 radical (unpaired) electrons. The zero-order chi connectivity index (χ0) is 28.1. The van der Waals surface area contributed by atoms with Gasteiger partial charge in [0.05, 0.1) is 10.9 Å². The van der Waals surface area contributed by atoms with Crippen LogP contribution in [0.2, 0.25) is 0 Å². The summed E-state index contributed by atoms with van der Waals surface area (Å²) in [7, 11) is 1.86. The number of fused-ring (bicyclic) bond motifs is 2. The second kappa shape index (κ2) is 9.75. The molecule has 1 N–H and O–H groups in total. The van der Waals surface area contributed by atoms with Crippen molar-refractivity contribution in [2.45, 2.75) is 66.2 Å². The fourth-order valence-corrected chi connectivity index (χ4v) is 5.86. The second-order valence-electron chi connectivity index (χ2n) is 12.0. The number of aryl methyl sites for hydroxylation is 3. The standard InChI is InChI=1S/C31H37N5O3/c1-19-8-9-21(14-22(19)16-36-17-23-15-32-13-12-26(23)39-30(3,4)18-36)27(31(5,6)29(37)38)24-10-11-25-28(20(24)2)33-34-35(25)7/h8-15,27H,16-18H2,1-7H3,(H,37,38). The molecule has 0 aliphatic carbocycles. The number of carboxylic acid groups (broad SMARTS) is 1. The molecule has 0 amide bonds. The van der Waals surface area contributed by atoms with E-state index < -0.39 is 11.4 Å². The number of nitrogens with zero attached hydrogens (tertiary/aromatic N) is 5. The molecule has 0 bridgehead atoms. The number of rotatable bonds is 6. The first-order chi connectivity index (χ1) is 18.4. The van der Waals surface area contributed by atoms with Gasteiger partial charge in [-0.2, -0.15) is 0 Å². The molecular weight excluding hydrogens is 490 g/mol. The van der Waals surface area contributed by atoms with E-state index in [9.17, 15) is 9.90 Å².